The van der Waals surface area contributed by atoms with Gasteiger partial charge in [-0.05, 0) is 17.9 Å². The highest BCUT2D eigenvalue weighted by Gasteiger charge is 2.15. The summed E-state index contributed by atoms with van der Waals surface area (Å²) >= 11 is 0. The van der Waals surface area contributed by atoms with Crippen LogP contribution in [0.5, 0.6) is 0 Å². The molecule has 2 N–H and O–H groups in total. The highest BCUT2D eigenvalue weighted by molar-refractivity contribution is 5.88. The van der Waals surface area contributed by atoms with Gasteiger partial charge in [0.1, 0.15) is 0 Å². The smallest absolute Gasteiger partial charge is 0.316 e. The van der Waals surface area contributed by atoms with Crippen LogP contribution in [0.1, 0.15) is 30.1 Å². The summed E-state index contributed by atoms with van der Waals surface area (Å²) in [6.07, 6.45) is 0.913. The van der Waals surface area contributed by atoms with Gasteiger partial charge in [-0.25, -0.2) is 0 Å². The van der Waals surface area contributed by atoms with Gasteiger partial charge in [-0.2, -0.15) is 4.98 Å². The molecule has 0 bridgehead atoms. The van der Waals surface area contributed by atoms with Gasteiger partial charge in [0, 0.05) is 5.56 Å². The summed E-state index contributed by atoms with van der Waals surface area (Å²) < 4.78 is 4.80. The molecule has 2 aromatic rings. The molecule has 94 valence electrons. The van der Waals surface area contributed by atoms with Crippen molar-refractivity contribution in [3.05, 3.63) is 35.7 Å². The second-order valence-electron chi connectivity index (χ2n) is 4.54. The van der Waals surface area contributed by atoms with Crippen molar-refractivity contribution in [3.8, 4) is 11.4 Å². The Morgan fingerprint density at radius 2 is 2.11 bits per heavy atom. The van der Waals surface area contributed by atoms with Gasteiger partial charge in [0.05, 0.1) is 0 Å². The van der Waals surface area contributed by atoms with Gasteiger partial charge in [-0.3, -0.25) is 4.79 Å². The second kappa shape index (κ2) is 5.00. The lowest BCUT2D eigenvalue weighted by Crippen LogP contribution is -2.11. The lowest BCUT2D eigenvalue weighted by atomic mass is 9.98. The van der Waals surface area contributed by atoms with E-state index >= 15 is 0 Å². The predicted octanol–water partition coefficient (Wildman–Crippen LogP) is 2.03. The molecule has 18 heavy (non-hydrogen) atoms. The first-order chi connectivity index (χ1) is 8.58. The minimum Gasteiger partial charge on any atom is -0.361 e. The molecule has 0 radical (unpaired) electrons. The highest BCUT2D eigenvalue weighted by Crippen LogP contribution is 2.23. The molecule has 2 rings (SSSR count). The van der Waals surface area contributed by atoms with E-state index < -0.39 is 5.91 Å². The Morgan fingerprint density at radius 3 is 2.72 bits per heavy atom. The van der Waals surface area contributed by atoms with Crippen molar-refractivity contribution in [2.45, 2.75) is 20.3 Å². The first-order valence-electron chi connectivity index (χ1n) is 5.79. The average molecular weight is 245 g/mol. The highest BCUT2D eigenvalue weighted by atomic mass is 16.5. The van der Waals surface area contributed by atoms with E-state index in [0.717, 1.165) is 17.5 Å². The number of nitrogens with two attached hydrogens (primary N) is 1. The average Bonchev–Trinajstić information content (AvgIpc) is 2.78. The molecule has 5 heteroatoms. The summed E-state index contributed by atoms with van der Waals surface area (Å²) in [7, 11) is 0. The van der Waals surface area contributed by atoms with Gasteiger partial charge in [-0.15, -0.1) is 0 Å². The molecule has 0 aliphatic rings. The van der Waals surface area contributed by atoms with Gasteiger partial charge >= 0.3 is 11.8 Å². The number of rotatable bonds is 4. The fraction of sp³-hybridized carbons (Fsp3) is 0.308. The van der Waals surface area contributed by atoms with E-state index in [4.69, 9.17) is 10.3 Å². The van der Waals surface area contributed by atoms with Gasteiger partial charge in [-0.1, -0.05) is 43.3 Å². The van der Waals surface area contributed by atoms with Crippen molar-refractivity contribution < 1.29 is 9.32 Å². The molecule has 1 aromatic carbocycles. The van der Waals surface area contributed by atoms with E-state index in [2.05, 4.69) is 24.0 Å². The molecule has 0 unspecified atom stereocenters. The number of carbonyl (C=O) groups excluding carboxylic acids is 1. The van der Waals surface area contributed by atoms with Crippen LogP contribution in [-0.2, 0) is 6.42 Å². The van der Waals surface area contributed by atoms with Gasteiger partial charge in [0.2, 0.25) is 5.82 Å². The SMILES string of the molecule is CC(C)Cc1ccccc1-c1noc(C(N)=O)n1. The van der Waals surface area contributed by atoms with Crippen LogP contribution in [0.3, 0.4) is 0 Å². The van der Waals surface area contributed by atoms with E-state index in [1.807, 2.05) is 24.3 Å². The first kappa shape index (κ1) is 12.3. The molecule has 0 aliphatic heterocycles. The van der Waals surface area contributed by atoms with Crippen molar-refractivity contribution in [2.75, 3.05) is 0 Å². The van der Waals surface area contributed by atoms with Crippen LogP contribution in [0.15, 0.2) is 28.8 Å². The van der Waals surface area contributed by atoms with Crippen LogP contribution in [0, 0.1) is 5.92 Å². The zero-order valence-corrected chi connectivity index (χ0v) is 10.4. The minimum absolute atomic E-state index is 0.163. The van der Waals surface area contributed by atoms with Crippen LogP contribution in [0.2, 0.25) is 0 Å². The monoisotopic (exact) mass is 245 g/mol. The Kier molecular flexibility index (Phi) is 3.41. The summed E-state index contributed by atoms with van der Waals surface area (Å²) in [6, 6.07) is 7.80. The Labute approximate surface area is 105 Å². The predicted molar refractivity (Wildman–Crippen MR) is 66.8 cm³/mol. The maximum Gasteiger partial charge on any atom is 0.316 e. The molecule has 0 aliphatic carbocycles. The van der Waals surface area contributed by atoms with Crippen LogP contribution >= 0.6 is 0 Å². The Hall–Kier alpha value is -2.17. The van der Waals surface area contributed by atoms with Crippen molar-refractivity contribution >= 4 is 5.91 Å². The first-order valence-corrected chi connectivity index (χ1v) is 5.79. The summed E-state index contributed by atoms with van der Waals surface area (Å²) in [5.74, 6) is 0.0492. The molecule has 0 spiro atoms. The molecule has 1 aromatic heterocycles. The van der Waals surface area contributed by atoms with Crippen LogP contribution < -0.4 is 5.73 Å². The molecule has 1 heterocycles. The molecular weight excluding hydrogens is 230 g/mol. The quantitative estimate of drug-likeness (QED) is 0.893. The number of hydrogen-bond donors (Lipinski definition) is 1. The second-order valence-corrected chi connectivity index (χ2v) is 4.54. The normalized spacial score (nSPS) is 10.8. The summed E-state index contributed by atoms with van der Waals surface area (Å²) in [4.78, 5) is 14.9. The molecular formula is C13H15N3O2. The van der Waals surface area contributed by atoms with Crippen molar-refractivity contribution in [2.24, 2.45) is 11.7 Å². The zero-order chi connectivity index (χ0) is 13.1. The van der Waals surface area contributed by atoms with Crippen LogP contribution in [-0.4, -0.2) is 16.0 Å². The molecule has 5 nitrogen and oxygen atoms in total. The molecule has 0 atom stereocenters. The molecule has 1 amide bonds. The van der Waals surface area contributed by atoms with Crippen LogP contribution in [0.4, 0.5) is 0 Å². The third kappa shape index (κ3) is 2.56. The van der Waals surface area contributed by atoms with Crippen LogP contribution in [0.25, 0.3) is 11.4 Å². The summed E-state index contributed by atoms with van der Waals surface area (Å²) in [5.41, 5.74) is 7.10. The topological polar surface area (TPSA) is 82.0 Å². The third-order valence-electron chi connectivity index (χ3n) is 2.52. The standard InChI is InChI=1S/C13H15N3O2/c1-8(2)7-9-5-3-4-6-10(9)12-15-13(11(14)17)18-16-12/h3-6,8H,7H2,1-2H3,(H2,14,17). The van der Waals surface area contributed by atoms with Gasteiger partial charge < -0.3 is 10.3 Å². The van der Waals surface area contributed by atoms with Crippen molar-refractivity contribution in [3.63, 3.8) is 0 Å². The maximum atomic E-state index is 10.9. The lowest BCUT2D eigenvalue weighted by molar-refractivity contribution is 0.0958. The summed E-state index contributed by atoms with van der Waals surface area (Å²) in [5, 5.41) is 3.79. The number of amides is 1. The van der Waals surface area contributed by atoms with E-state index in [0.29, 0.717) is 11.7 Å². The summed E-state index contributed by atoms with van der Waals surface area (Å²) in [6.45, 7) is 4.28. The molecule has 0 fully saturated rings. The van der Waals surface area contributed by atoms with Gasteiger partial charge in [0.15, 0.2) is 0 Å². The number of nitrogens with zero attached hydrogens (tertiary/aromatic N) is 2. The van der Waals surface area contributed by atoms with E-state index in [1.54, 1.807) is 0 Å². The molecule has 0 saturated carbocycles. The Bertz CT molecular complexity index is 561. The largest absolute Gasteiger partial charge is 0.361 e. The number of benzene rings is 1. The van der Waals surface area contributed by atoms with E-state index in [9.17, 15) is 4.79 Å². The number of primary amides is 1. The number of aromatic nitrogens is 2. The Balaban J connectivity index is 2.39. The van der Waals surface area contributed by atoms with Crippen molar-refractivity contribution in [1.82, 2.24) is 10.1 Å². The zero-order valence-electron chi connectivity index (χ0n) is 10.4. The van der Waals surface area contributed by atoms with E-state index in [-0.39, 0.29) is 5.89 Å². The van der Waals surface area contributed by atoms with Crippen molar-refractivity contribution in [1.29, 1.82) is 0 Å². The maximum absolute atomic E-state index is 10.9. The van der Waals surface area contributed by atoms with Gasteiger partial charge in [0.25, 0.3) is 0 Å². The molecule has 0 saturated heterocycles. The number of carbonyl (C=O) groups is 1. The fourth-order valence-electron chi connectivity index (χ4n) is 1.79. The Morgan fingerprint density at radius 1 is 1.39 bits per heavy atom. The van der Waals surface area contributed by atoms with E-state index in [1.165, 1.54) is 0 Å². The third-order valence-corrected chi connectivity index (χ3v) is 2.52. The number of hydrogen-bond acceptors (Lipinski definition) is 4. The lowest BCUT2D eigenvalue weighted by Gasteiger charge is -2.08. The minimum atomic E-state index is -0.713. The fourth-order valence-corrected chi connectivity index (χ4v) is 1.79.